The van der Waals surface area contributed by atoms with Gasteiger partial charge in [-0.05, 0) is 20.8 Å². The Labute approximate surface area is 113 Å². The minimum Gasteiger partial charge on any atom is -0.469 e. The van der Waals surface area contributed by atoms with E-state index in [0.29, 0.717) is 13.1 Å². The van der Waals surface area contributed by atoms with Crippen molar-refractivity contribution in [2.75, 3.05) is 20.2 Å². The van der Waals surface area contributed by atoms with Gasteiger partial charge in [0.05, 0.1) is 19.1 Å². The summed E-state index contributed by atoms with van der Waals surface area (Å²) in [6.07, 6.45) is -0.514. The third kappa shape index (κ3) is 5.10. The molecule has 0 bridgehead atoms. The molecule has 0 aromatic rings. The maximum absolute atomic E-state index is 11.6. The number of alkyl carbamates (subject to hydrolysis) is 1. The Morgan fingerprint density at radius 2 is 1.89 bits per heavy atom. The highest BCUT2D eigenvalue weighted by molar-refractivity contribution is 5.85. The number of ether oxygens (including phenoxy) is 2. The van der Waals surface area contributed by atoms with Crippen LogP contribution in [0.5, 0.6) is 0 Å². The number of methoxy groups -OCH3 is 1. The van der Waals surface area contributed by atoms with E-state index in [1.54, 1.807) is 20.8 Å². The van der Waals surface area contributed by atoms with Crippen molar-refractivity contribution >= 4 is 24.5 Å². The maximum Gasteiger partial charge on any atom is 0.407 e. The van der Waals surface area contributed by atoms with Crippen molar-refractivity contribution in [1.29, 1.82) is 0 Å². The van der Waals surface area contributed by atoms with Crippen LogP contribution in [0, 0.1) is 5.92 Å². The molecule has 1 aliphatic rings. The van der Waals surface area contributed by atoms with Gasteiger partial charge in [0.2, 0.25) is 0 Å². The van der Waals surface area contributed by atoms with Crippen LogP contribution in [0.25, 0.3) is 0 Å². The van der Waals surface area contributed by atoms with E-state index in [1.807, 2.05) is 0 Å². The van der Waals surface area contributed by atoms with Gasteiger partial charge in [0.1, 0.15) is 5.60 Å². The van der Waals surface area contributed by atoms with Gasteiger partial charge in [0.15, 0.2) is 0 Å². The fourth-order valence-electron chi connectivity index (χ4n) is 1.69. The normalized spacial score (nSPS) is 22.9. The zero-order valence-corrected chi connectivity index (χ0v) is 11.9. The van der Waals surface area contributed by atoms with E-state index < -0.39 is 11.7 Å². The van der Waals surface area contributed by atoms with E-state index >= 15 is 0 Å². The van der Waals surface area contributed by atoms with Crippen molar-refractivity contribution in [1.82, 2.24) is 10.6 Å². The molecule has 0 aliphatic carbocycles. The summed E-state index contributed by atoms with van der Waals surface area (Å²) in [4.78, 5) is 23.0. The van der Waals surface area contributed by atoms with E-state index in [0.717, 1.165) is 0 Å². The van der Waals surface area contributed by atoms with Crippen molar-refractivity contribution in [3.63, 3.8) is 0 Å². The molecule has 1 fully saturated rings. The molecule has 0 spiro atoms. The van der Waals surface area contributed by atoms with Crippen LogP contribution in [-0.4, -0.2) is 43.9 Å². The van der Waals surface area contributed by atoms with Crippen molar-refractivity contribution in [2.24, 2.45) is 5.92 Å². The van der Waals surface area contributed by atoms with Crippen LogP contribution >= 0.6 is 12.4 Å². The molecule has 1 aliphatic heterocycles. The molecule has 0 unspecified atom stereocenters. The smallest absolute Gasteiger partial charge is 0.407 e. The average molecular weight is 281 g/mol. The highest BCUT2D eigenvalue weighted by Gasteiger charge is 2.35. The fraction of sp³-hybridized carbons (Fsp3) is 0.818. The van der Waals surface area contributed by atoms with Crippen molar-refractivity contribution < 1.29 is 19.1 Å². The van der Waals surface area contributed by atoms with Crippen LogP contribution in [0.1, 0.15) is 20.8 Å². The van der Waals surface area contributed by atoms with E-state index in [4.69, 9.17) is 4.74 Å². The number of amides is 1. The molecule has 0 radical (unpaired) electrons. The molecule has 1 heterocycles. The van der Waals surface area contributed by atoms with Crippen molar-refractivity contribution in [2.45, 2.75) is 32.4 Å². The number of carbonyl (C=O) groups excluding carboxylic acids is 2. The topological polar surface area (TPSA) is 76.7 Å². The van der Waals surface area contributed by atoms with E-state index in [1.165, 1.54) is 7.11 Å². The zero-order chi connectivity index (χ0) is 13.1. The van der Waals surface area contributed by atoms with Gasteiger partial charge in [-0.1, -0.05) is 0 Å². The number of nitrogens with one attached hydrogen (secondary N) is 2. The highest BCUT2D eigenvalue weighted by atomic mass is 35.5. The Kier molecular flexibility index (Phi) is 6.42. The molecule has 106 valence electrons. The van der Waals surface area contributed by atoms with Crippen molar-refractivity contribution in [3.8, 4) is 0 Å². The lowest BCUT2D eigenvalue weighted by atomic mass is 10.0. The standard InChI is InChI=1S/C11H20N2O4.ClH/c1-11(2,3)17-10(15)13-8-6-12-5-7(8)9(14)16-4;/h7-8,12H,5-6H2,1-4H3,(H,13,15);1H/t7-,8-;/m0./s1. The molecular formula is C11H21ClN2O4. The first-order chi connectivity index (χ1) is 7.83. The van der Waals surface area contributed by atoms with E-state index in [2.05, 4.69) is 15.4 Å². The predicted octanol–water partition coefficient (Wildman–Crippen LogP) is 0.694. The summed E-state index contributed by atoms with van der Waals surface area (Å²) in [6, 6.07) is -0.280. The van der Waals surface area contributed by atoms with Crippen LogP contribution in [0.2, 0.25) is 0 Å². The first kappa shape index (κ1) is 17.0. The molecule has 1 amide bonds. The van der Waals surface area contributed by atoms with Gasteiger partial charge < -0.3 is 20.1 Å². The second-order valence-corrected chi connectivity index (χ2v) is 5.04. The van der Waals surface area contributed by atoms with Crippen LogP contribution in [0.4, 0.5) is 4.79 Å². The van der Waals surface area contributed by atoms with Gasteiger partial charge in [-0.25, -0.2) is 4.79 Å². The Bertz CT molecular complexity index is 304. The quantitative estimate of drug-likeness (QED) is 0.728. The summed E-state index contributed by atoms with van der Waals surface area (Å²) in [5.41, 5.74) is -0.545. The lowest BCUT2D eigenvalue weighted by Gasteiger charge is -2.23. The number of carbonyl (C=O) groups is 2. The molecular weight excluding hydrogens is 260 g/mol. The van der Waals surface area contributed by atoms with Gasteiger partial charge in [0, 0.05) is 13.1 Å². The third-order valence-electron chi connectivity index (χ3n) is 2.42. The van der Waals surface area contributed by atoms with Crippen LogP contribution in [-0.2, 0) is 14.3 Å². The molecule has 18 heavy (non-hydrogen) atoms. The summed E-state index contributed by atoms with van der Waals surface area (Å²) in [5.74, 6) is -0.677. The van der Waals surface area contributed by atoms with E-state index in [9.17, 15) is 9.59 Å². The largest absolute Gasteiger partial charge is 0.469 e. The maximum atomic E-state index is 11.6. The molecule has 6 nitrogen and oxygen atoms in total. The van der Waals surface area contributed by atoms with Gasteiger partial charge in [0.25, 0.3) is 0 Å². The number of halogens is 1. The number of hydrogen-bond acceptors (Lipinski definition) is 5. The average Bonchev–Trinajstić information content (AvgIpc) is 2.61. The molecule has 0 aromatic carbocycles. The summed E-state index contributed by atoms with van der Waals surface area (Å²) in [5, 5.41) is 5.71. The monoisotopic (exact) mass is 280 g/mol. The Morgan fingerprint density at radius 1 is 1.28 bits per heavy atom. The number of hydrogen-bond donors (Lipinski definition) is 2. The lowest BCUT2D eigenvalue weighted by Crippen LogP contribution is -2.45. The van der Waals surface area contributed by atoms with Gasteiger partial charge in [-0.15, -0.1) is 12.4 Å². The van der Waals surface area contributed by atoms with Crippen LogP contribution < -0.4 is 10.6 Å². The van der Waals surface area contributed by atoms with Gasteiger partial charge >= 0.3 is 12.1 Å². The zero-order valence-electron chi connectivity index (χ0n) is 11.1. The second-order valence-electron chi connectivity index (χ2n) is 5.04. The van der Waals surface area contributed by atoms with E-state index in [-0.39, 0.29) is 30.3 Å². The Morgan fingerprint density at radius 3 is 2.39 bits per heavy atom. The number of rotatable bonds is 2. The van der Waals surface area contributed by atoms with Crippen LogP contribution in [0.15, 0.2) is 0 Å². The third-order valence-corrected chi connectivity index (χ3v) is 2.42. The fourth-order valence-corrected chi connectivity index (χ4v) is 1.69. The lowest BCUT2D eigenvalue weighted by molar-refractivity contribution is -0.145. The molecule has 0 saturated carbocycles. The predicted molar refractivity (Wildman–Crippen MR) is 68.8 cm³/mol. The van der Waals surface area contributed by atoms with Crippen molar-refractivity contribution in [3.05, 3.63) is 0 Å². The first-order valence-electron chi connectivity index (χ1n) is 5.61. The Hall–Kier alpha value is -1.01. The SMILES string of the molecule is COC(=O)[C@H]1CNC[C@@H]1NC(=O)OC(C)(C)C.Cl. The molecule has 2 N–H and O–H groups in total. The molecule has 0 aromatic heterocycles. The molecule has 7 heteroatoms. The first-order valence-corrected chi connectivity index (χ1v) is 5.61. The number of esters is 1. The van der Waals surface area contributed by atoms with Crippen LogP contribution in [0.3, 0.4) is 0 Å². The summed E-state index contributed by atoms with van der Waals surface area (Å²) in [7, 11) is 1.34. The van der Waals surface area contributed by atoms with Gasteiger partial charge in [-0.3, -0.25) is 4.79 Å². The minimum absolute atomic E-state index is 0. The summed E-state index contributed by atoms with van der Waals surface area (Å²) >= 11 is 0. The summed E-state index contributed by atoms with van der Waals surface area (Å²) < 4.78 is 9.81. The van der Waals surface area contributed by atoms with Gasteiger partial charge in [-0.2, -0.15) is 0 Å². The molecule has 2 atom stereocenters. The second kappa shape index (κ2) is 6.80. The molecule has 1 saturated heterocycles. The minimum atomic E-state index is -0.545. The highest BCUT2D eigenvalue weighted by Crippen LogP contribution is 2.12. The molecule has 1 rings (SSSR count). The summed E-state index contributed by atoms with van der Waals surface area (Å²) in [6.45, 7) is 6.41. The Balaban J connectivity index is 0.00000289.